The summed E-state index contributed by atoms with van der Waals surface area (Å²) in [4.78, 5) is 0. The van der Waals surface area contributed by atoms with Gasteiger partial charge in [-0.3, -0.25) is 0 Å². The highest BCUT2D eigenvalue weighted by atomic mass is 16.3. The first-order valence-electron chi connectivity index (χ1n) is 9.72. The first kappa shape index (κ1) is 16.8. The molecule has 4 aliphatic rings. The Morgan fingerprint density at radius 3 is 2.58 bits per heavy atom. The summed E-state index contributed by atoms with van der Waals surface area (Å²) in [5, 5.41) is 31.5. The van der Waals surface area contributed by atoms with Gasteiger partial charge in [0, 0.05) is 5.92 Å². The Hall–Kier alpha value is -0.640. The van der Waals surface area contributed by atoms with Crippen molar-refractivity contribution in [1.82, 2.24) is 0 Å². The van der Waals surface area contributed by atoms with E-state index in [0.717, 1.165) is 38.5 Å². The summed E-state index contributed by atoms with van der Waals surface area (Å²) < 4.78 is 0. The molecule has 0 amide bonds. The van der Waals surface area contributed by atoms with Gasteiger partial charge in [0.2, 0.25) is 0 Å². The van der Waals surface area contributed by atoms with Crippen molar-refractivity contribution in [3.8, 4) is 0 Å². The molecule has 0 unspecified atom stereocenters. The molecule has 0 saturated heterocycles. The Balaban J connectivity index is 1.76. The average Bonchev–Trinajstić information content (AvgIpc) is 2.84. The predicted octanol–water partition coefficient (Wildman–Crippen LogP) is 3.20. The number of aliphatic hydroxyl groups excluding tert-OH is 3. The fourth-order valence-corrected chi connectivity index (χ4v) is 6.94. The zero-order valence-electron chi connectivity index (χ0n) is 15.2. The minimum atomic E-state index is -0.346. The molecule has 0 aliphatic heterocycles. The van der Waals surface area contributed by atoms with Gasteiger partial charge in [0.25, 0.3) is 0 Å². The van der Waals surface area contributed by atoms with Crippen LogP contribution in [0.2, 0.25) is 0 Å². The third kappa shape index (κ3) is 2.14. The normalized spacial score (nSPS) is 51.8. The maximum atomic E-state index is 11.2. The quantitative estimate of drug-likeness (QED) is 0.691. The maximum absolute atomic E-state index is 11.2. The van der Waals surface area contributed by atoms with E-state index >= 15 is 0 Å². The van der Waals surface area contributed by atoms with Crippen molar-refractivity contribution >= 4 is 0 Å². The standard InChI is InChI=1S/C21H32O3/c1-12(22)16-6-7-17-15-5-4-13-10-14(23)8-9-20(13,2)19(15)18(24)11-21(16,17)3/h4-5,12,14,16-19,22-24H,6-11H2,1-3H3/t12-,14-,16+,17-,18+,19+,20-,21+/m0/s1. The molecule has 0 aromatic rings. The minimum Gasteiger partial charge on any atom is -0.393 e. The summed E-state index contributed by atoms with van der Waals surface area (Å²) >= 11 is 0. The zero-order valence-corrected chi connectivity index (χ0v) is 15.2. The number of hydrogen-bond donors (Lipinski definition) is 3. The molecule has 24 heavy (non-hydrogen) atoms. The van der Waals surface area contributed by atoms with E-state index in [1.165, 1.54) is 11.1 Å². The zero-order chi connectivity index (χ0) is 17.3. The van der Waals surface area contributed by atoms with E-state index in [4.69, 9.17) is 0 Å². The Bertz CT molecular complexity index is 592. The number of allylic oxidation sites excluding steroid dienone is 2. The van der Waals surface area contributed by atoms with E-state index in [1.54, 1.807) is 0 Å². The molecular formula is C21H32O3. The van der Waals surface area contributed by atoms with Gasteiger partial charge in [0.1, 0.15) is 0 Å². The first-order valence-corrected chi connectivity index (χ1v) is 9.72. The second-order valence-corrected chi connectivity index (χ2v) is 9.40. The fraction of sp³-hybridized carbons (Fsp3) is 0.810. The largest absolute Gasteiger partial charge is 0.393 e. The highest BCUT2D eigenvalue weighted by Gasteiger charge is 2.59. The van der Waals surface area contributed by atoms with Crippen molar-refractivity contribution in [2.75, 3.05) is 0 Å². The predicted molar refractivity (Wildman–Crippen MR) is 94.2 cm³/mol. The molecule has 0 heterocycles. The third-order valence-corrected chi connectivity index (χ3v) is 8.14. The molecule has 4 rings (SSSR count). The lowest BCUT2D eigenvalue weighted by molar-refractivity contribution is -0.0639. The highest BCUT2D eigenvalue weighted by molar-refractivity contribution is 5.40. The van der Waals surface area contributed by atoms with E-state index in [2.05, 4.69) is 26.0 Å². The van der Waals surface area contributed by atoms with Gasteiger partial charge in [-0.05, 0) is 68.1 Å². The first-order chi connectivity index (χ1) is 11.3. The fourth-order valence-electron chi connectivity index (χ4n) is 6.94. The van der Waals surface area contributed by atoms with Crippen molar-refractivity contribution < 1.29 is 15.3 Å². The van der Waals surface area contributed by atoms with Crippen molar-refractivity contribution in [2.24, 2.45) is 28.6 Å². The number of aliphatic hydroxyl groups is 3. The van der Waals surface area contributed by atoms with Gasteiger partial charge in [-0.15, -0.1) is 0 Å². The Labute approximate surface area is 145 Å². The molecule has 0 aromatic heterocycles. The van der Waals surface area contributed by atoms with Crippen molar-refractivity contribution in [1.29, 1.82) is 0 Å². The summed E-state index contributed by atoms with van der Waals surface area (Å²) in [5.41, 5.74) is 2.74. The van der Waals surface area contributed by atoms with Crippen LogP contribution in [0, 0.1) is 28.6 Å². The molecule has 3 N–H and O–H groups in total. The molecule has 4 aliphatic carbocycles. The average molecular weight is 332 g/mol. The number of hydrogen-bond acceptors (Lipinski definition) is 3. The van der Waals surface area contributed by atoms with Crippen LogP contribution in [0.25, 0.3) is 0 Å². The molecule has 0 radical (unpaired) electrons. The van der Waals surface area contributed by atoms with Gasteiger partial charge in [-0.25, -0.2) is 0 Å². The summed E-state index contributed by atoms with van der Waals surface area (Å²) in [6.07, 6.45) is 9.15. The van der Waals surface area contributed by atoms with E-state index in [1.807, 2.05) is 6.92 Å². The van der Waals surface area contributed by atoms with Crippen LogP contribution < -0.4 is 0 Å². The molecule has 8 atom stereocenters. The summed E-state index contributed by atoms with van der Waals surface area (Å²) in [6, 6.07) is 0. The molecule has 3 saturated carbocycles. The van der Waals surface area contributed by atoms with Crippen molar-refractivity contribution in [2.45, 2.75) is 77.6 Å². The van der Waals surface area contributed by atoms with Gasteiger partial charge in [-0.2, -0.15) is 0 Å². The smallest absolute Gasteiger partial charge is 0.0619 e. The molecule has 0 spiro atoms. The van der Waals surface area contributed by atoms with Crippen molar-refractivity contribution in [3.05, 3.63) is 23.3 Å². The summed E-state index contributed by atoms with van der Waals surface area (Å²) in [6.45, 7) is 6.50. The monoisotopic (exact) mass is 332 g/mol. The van der Waals surface area contributed by atoms with Gasteiger partial charge < -0.3 is 15.3 Å². The highest BCUT2D eigenvalue weighted by Crippen LogP contribution is 2.65. The van der Waals surface area contributed by atoms with Crippen molar-refractivity contribution in [3.63, 3.8) is 0 Å². The number of fused-ring (bicyclic) bond motifs is 5. The van der Waals surface area contributed by atoms with Crippen LogP contribution in [0.5, 0.6) is 0 Å². The molecular weight excluding hydrogens is 300 g/mol. The lowest BCUT2D eigenvalue weighted by atomic mass is 9.49. The lowest BCUT2D eigenvalue weighted by Gasteiger charge is -2.56. The van der Waals surface area contributed by atoms with E-state index in [0.29, 0.717) is 5.92 Å². The minimum absolute atomic E-state index is 0.00575. The van der Waals surface area contributed by atoms with Gasteiger partial charge >= 0.3 is 0 Å². The molecule has 0 aromatic carbocycles. The Kier molecular flexibility index (Phi) is 3.80. The topological polar surface area (TPSA) is 60.7 Å². The Morgan fingerprint density at radius 1 is 1.12 bits per heavy atom. The van der Waals surface area contributed by atoms with Crippen LogP contribution in [-0.2, 0) is 0 Å². The van der Waals surface area contributed by atoms with Gasteiger partial charge in [0.05, 0.1) is 18.3 Å². The number of rotatable bonds is 1. The summed E-state index contributed by atoms with van der Waals surface area (Å²) in [7, 11) is 0. The molecule has 3 fully saturated rings. The molecule has 0 bridgehead atoms. The van der Waals surface area contributed by atoms with Crippen LogP contribution in [0.1, 0.15) is 59.3 Å². The van der Waals surface area contributed by atoms with Gasteiger partial charge in [0.15, 0.2) is 0 Å². The van der Waals surface area contributed by atoms with E-state index in [-0.39, 0.29) is 41.0 Å². The van der Waals surface area contributed by atoms with Crippen LogP contribution in [0.3, 0.4) is 0 Å². The van der Waals surface area contributed by atoms with E-state index < -0.39 is 0 Å². The van der Waals surface area contributed by atoms with Crippen LogP contribution in [0.4, 0.5) is 0 Å². The molecule has 3 nitrogen and oxygen atoms in total. The van der Waals surface area contributed by atoms with Crippen LogP contribution >= 0.6 is 0 Å². The second kappa shape index (κ2) is 5.43. The third-order valence-electron chi connectivity index (χ3n) is 8.14. The maximum Gasteiger partial charge on any atom is 0.0619 e. The van der Waals surface area contributed by atoms with Gasteiger partial charge in [-0.1, -0.05) is 37.1 Å². The van der Waals surface area contributed by atoms with Crippen LogP contribution in [-0.4, -0.2) is 33.6 Å². The molecule has 3 heteroatoms. The van der Waals surface area contributed by atoms with E-state index in [9.17, 15) is 15.3 Å². The van der Waals surface area contributed by atoms with Crippen LogP contribution in [0.15, 0.2) is 23.3 Å². The second-order valence-electron chi connectivity index (χ2n) is 9.40. The molecule has 134 valence electrons. The summed E-state index contributed by atoms with van der Waals surface area (Å²) in [5.74, 6) is 0.952. The Morgan fingerprint density at radius 2 is 1.88 bits per heavy atom. The SMILES string of the molecule is C[C@H](O)[C@H]1CC[C@H]2C3=CC=C4C[C@@H](O)CC[C@]4(C)[C@H]3[C@H](O)C[C@]12C. The lowest BCUT2D eigenvalue weighted by Crippen LogP contribution is -2.53.